The second-order valence-corrected chi connectivity index (χ2v) is 9.78. The number of carbonyl (C=O) groups is 3. The summed E-state index contributed by atoms with van der Waals surface area (Å²) in [4.78, 5) is 53.3. The van der Waals surface area contributed by atoms with Gasteiger partial charge in [-0.1, -0.05) is 49.0 Å². The number of carbonyl (C=O) groups excluding carboxylic acids is 2. The van der Waals surface area contributed by atoms with Gasteiger partial charge in [-0.2, -0.15) is 4.98 Å². The lowest BCUT2D eigenvalue weighted by Crippen LogP contribution is -2.54. The first-order chi connectivity index (χ1) is 20.0. The second kappa shape index (κ2) is 12.9. The van der Waals surface area contributed by atoms with Crippen molar-refractivity contribution in [2.45, 2.75) is 50.0 Å². The molecule has 14 heteroatoms. The Labute approximate surface area is 239 Å². The van der Waals surface area contributed by atoms with Crippen LogP contribution < -0.4 is 22.1 Å². The maximum absolute atomic E-state index is 12.7. The van der Waals surface area contributed by atoms with Crippen molar-refractivity contribution in [2.75, 3.05) is 11.9 Å². The normalized spacial score (nSPS) is 20.5. The van der Waals surface area contributed by atoms with Crippen LogP contribution in [-0.2, 0) is 25.5 Å². The third kappa shape index (κ3) is 6.80. The number of hydrogen-bond acceptors (Lipinski definition) is 10. The summed E-state index contributed by atoms with van der Waals surface area (Å²) in [5, 5.41) is 35.5. The van der Waals surface area contributed by atoms with Crippen molar-refractivity contribution in [3.05, 3.63) is 82.9 Å². The summed E-state index contributed by atoms with van der Waals surface area (Å²) >= 11 is 0. The van der Waals surface area contributed by atoms with E-state index in [1.54, 1.807) is 0 Å². The van der Waals surface area contributed by atoms with Crippen molar-refractivity contribution in [3.8, 4) is 0 Å². The number of anilines is 1. The van der Waals surface area contributed by atoms with Crippen LogP contribution in [0.3, 0.4) is 0 Å². The van der Waals surface area contributed by atoms with Crippen LogP contribution in [-0.4, -0.2) is 79.8 Å². The first-order valence-corrected chi connectivity index (χ1v) is 12.9. The third-order valence-corrected chi connectivity index (χ3v) is 6.78. The minimum absolute atomic E-state index is 0.144. The molecule has 6 atom stereocenters. The Morgan fingerprint density at radius 1 is 1.19 bits per heavy atom. The highest BCUT2D eigenvalue weighted by molar-refractivity contribution is 5.88. The number of amides is 2. The Bertz CT molecular complexity index is 1560. The fourth-order valence-corrected chi connectivity index (χ4v) is 4.48. The Balaban J connectivity index is 1.34. The highest BCUT2D eigenvalue weighted by Crippen LogP contribution is 2.31. The molecule has 2 amide bonds. The standard InChI is InChI=1S/C28H31N5O9/c1-14-23(35)20(13-34)42-25(14)33-10-9-21(30-27(33)39)31-28(40)41-15(2)22(26(37)38)32-24(36)19(29)12-16-7-8-17-5-3-4-6-18(17)11-16/h3-11,15,19-20,22-23,25,34-35H,1,12-13,29H2,2H3,(H,32,36)(H,37,38)(H,30,31,39,40)/t15-,19-,20+,22+,23-,25+/m0/s1. The number of aliphatic hydroxyl groups is 2. The van der Waals surface area contributed by atoms with Crippen LogP contribution in [0.2, 0.25) is 0 Å². The summed E-state index contributed by atoms with van der Waals surface area (Å²) < 4.78 is 11.6. The Morgan fingerprint density at radius 2 is 1.90 bits per heavy atom. The molecule has 42 heavy (non-hydrogen) atoms. The number of ether oxygens (including phenoxy) is 2. The van der Waals surface area contributed by atoms with Crippen LogP contribution in [0.25, 0.3) is 10.8 Å². The van der Waals surface area contributed by atoms with Crippen LogP contribution in [0.1, 0.15) is 18.7 Å². The number of benzene rings is 2. The van der Waals surface area contributed by atoms with E-state index < -0.39 is 66.9 Å². The van der Waals surface area contributed by atoms with E-state index in [9.17, 15) is 34.5 Å². The van der Waals surface area contributed by atoms with E-state index in [0.29, 0.717) is 0 Å². The van der Waals surface area contributed by atoms with Gasteiger partial charge in [-0.05, 0) is 35.7 Å². The van der Waals surface area contributed by atoms with Crippen LogP contribution in [0.15, 0.2) is 71.7 Å². The zero-order valence-electron chi connectivity index (χ0n) is 22.5. The number of carboxylic acids is 1. The van der Waals surface area contributed by atoms with Crippen LogP contribution in [0.5, 0.6) is 0 Å². The number of aliphatic hydroxyl groups excluding tert-OH is 2. The topological polar surface area (TPSA) is 215 Å². The Kier molecular flexibility index (Phi) is 9.32. The summed E-state index contributed by atoms with van der Waals surface area (Å²) in [5.74, 6) is -2.42. The van der Waals surface area contributed by atoms with Crippen LogP contribution in [0.4, 0.5) is 10.6 Å². The predicted molar refractivity (Wildman–Crippen MR) is 149 cm³/mol. The molecule has 14 nitrogen and oxygen atoms in total. The first kappa shape index (κ1) is 30.3. The molecule has 7 N–H and O–H groups in total. The minimum Gasteiger partial charge on any atom is -0.480 e. The molecule has 0 spiro atoms. The summed E-state index contributed by atoms with van der Waals surface area (Å²) in [6, 6.07) is 11.9. The van der Waals surface area contributed by atoms with Gasteiger partial charge in [-0.3, -0.25) is 14.7 Å². The minimum atomic E-state index is -1.62. The molecule has 2 aromatic carbocycles. The number of aromatic nitrogens is 2. The van der Waals surface area contributed by atoms with Gasteiger partial charge in [-0.25, -0.2) is 14.4 Å². The molecule has 0 unspecified atom stereocenters. The summed E-state index contributed by atoms with van der Waals surface area (Å²) in [6.07, 6.45) is -4.32. The van der Waals surface area contributed by atoms with Gasteiger partial charge in [0.2, 0.25) is 5.91 Å². The molecule has 0 bridgehead atoms. The number of nitrogens with zero attached hydrogens (tertiary/aromatic N) is 2. The van der Waals surface area contributed by atoms with Crippen LogP contribution >= 0.6 is 0 Å². The van der Waals surface area contributed by atoms with Gasteiger partial charge in [0.1, 0.15) is 24.1 Å². The number of hydrogen-bond donors (Lipinski definition) is 6. The molecule has 1 fully saturated rings. The van der Waals surface area contributed by atoms with Gasteiger partial charge in [0.15, 0.2) is 12.3 Å². The van der Waals surface area contributed by atoms with Gasteiger partial charge in [0.05, 0.1) is 12.6 Å². The molecule has 0 radical (unpaired) electrons. The zero-order chi connectivity index (χ0) is 30.6. The highest BCUT2D eigenvalue weighted by Gasteiger charge is 2.38. The maximum atomic E-state index is 12.7. The van der Waals surface area contributed by atoms with E-state index in [4.69, 9.17) is 15.2 Å². The summed E-state index contributed by atoms with van der Waals surface area (Å²) in [7, 11) is 0. The van der Waals surface area contributed by atoms with Crippen molar-refractivity contribution >= 4 is 34.6 Å². The van der Waals surface area contributed by atoms with E-state index in [0.717, 1.165) is 20.9 Å². The van der Waals surface area contributed by atoms with Crippen molar-refractivity contribution in [1.82, 2.24) is 14.9 Å². The fourth-order valence-electron chi connectivity index (χ4n) is 4.48. The van der Waals surface area contributed by atoms with Gasteiger partial charge in [-0.15, -0.1) is 0 Å². The molecule has 222 valence electrons. The van der Waals surface area contributed by atoms with E-state index in [1.165, 1.54) is 19.2 Å². The number of nitrogens with one attached hydrogen (secondary N) is 2. The second-order valence-electron chi connectivity index (χ2n) is 9.78. The maximum Gasteiger partial charge on any atom is 0.413 e. The first-order valence-electron chi connectivity index (χ1n) is 12.9. The molecule has 1 aliphatic rings. The lowest BCUT2D eigenvalue weighted by Gasteiger charge is -2.23. The van der Waals surface area contributed by atoms with Gasteiger partial charge in [0, 0.05) is 11.8 Å². The Hall–Kier alpha value is -4.63. The number of aliphatic carboxylic acids is 1. The van der Waals surface area contributed by atoms with Crippen LogP contribution in [0, 0.1) is 0 Å². The molecular formula is C28H31N5O9. The molecule has 1 aromatic heterocycles. The highest BCUT2D eigenvalue weighted by atomic mass is 16.6. The Morgan fingerprint density at radius 3 is 2.55 bits per heavy atom. The average molecular weight is 582 g/mol. The molecule has 0 aliphatic carbocycles. The monoisotopic (exact) mass is 581 g/mol. The quantitative estimate of drug-likeness (QED) is 0.179. The predicted octanol–water partition coefficient (Wildman–Crippen LogP) is 0.280. The van der Waals surface area contributed by atoms with Crippen molar-refractivity contribution < 1.29 is 39.2 Å². The lowest BCUT2D eigenvalue weighted by atomic mass is 10.0. The number of fused-ring (bicyclic) bond motifs is 1. The van der Waals surface area contributed by atoms with E-state index in [2.05, 4.69) is 22.2 Å². The van der Waals surface area contributed by atoms with Gasteiger partial charge < -0.3 is 35.8 Å². The van der Waals surface area contributed by atoms with Crippen molar-refractivity contribution in [1.29, 1.82) is 0 Å². The SMILES string of the molecule is C=C1[C@H](n2ccc(NC(=O)O[C@@H](C)[C@@H](NC(=O)[C@@H](N)Cc3ccc4ccccc4c3)C(=O)O)nc2=O)O[C@H](CO)[C@H]1O. The fraction of sp³-hybridized carbons (Fsp3) is 0.321. The number of rotatable bonds is 10. The molecular weight excluding hydrogens is 550 g/mol. The van der Waals surface area contributed by atoms with Crippen molar-refractivity contribution in [2.24, 2.45) is 5.73 Å². The molecule has 2 heterocycles. The number of carboxylic acid groups (broad SMARTS) is 1. The molecule has 4 rings (SSSR count). The molecule has 0 saturated carbocycles. The number of nitrogens with two attached hydrogens (primary N) is 1. The summed E-state index contributed by atoms with van der Waals surface area (Å²) in [5.41, 5.74) is 6.11. The zero-order valence-corrected chi connectivity index (χ0v) is 22.5. The molecule has 1 aliphatic heterocycles. The lowest BCUT2D eigenvalue weighted by molar-refractivity contribution is -0.144. The van der Waals surface area contributed by atoms with Crippen molar-refractivity contribution in [3.63, 3.8) is 0 Å². The average Bonchev–Trinajstić information content (AvgIpc) is 3.24. The summed E-state index contributed by atoms with van der Waals surface area (Å²) in [6.45, 7) is 4.46. The smallest absolute Gasteiger partial charge is 0.413 e. The van der Waals surface area contributed by atoms with E-state index in [-0.39, 0.29) is 17.8 Å². The molecule has 3 aromatic rings. The third-order valence-electron chi connectivity index (χ3n) is 6.78. The van der Waals surface area contributed by atoms with Gasteiger partial charge in [0.25, 0.3) is 0 Å². The largest absolute Gasteiger partial charge is 0.480 e. The van der Waals surface area contributed by atoms with Gasteiger partial charge >= 0.3 is 17.8 Å². The van der Waals surface area contributed by atoms with E-state index in [1.807, 2.05) is 42.5 Å². The van der Waals surface area contributed by atoms with E-state index >= 15 is 0 Å². The molecule has 1 saturated heterocycles.